The third-order valence-corrected chi connectivity index (χ3v) is 5.84. The molecule has 0 saturated heterocycles. The number of imide groups is 1. The molecule has 0 fully saturated rings. The van der Waals surface area contributed by atoms with Crippen molar-refractivity contribution in [2.75, 3.05) is 18.5 Å². The quantitative estimate of drug-likeness (QED) is 0.422. The number of benzene rings is 1. The molecule has 0 radical (unpaired) electrons. The van der Waals surface area contributed by atoms with E-state index in [1.807, 2.05) is 6.92 Å². The molecule has 1 aliphatic heterocycles. The molecule has 0 spiro atoms. The highest BCUT2D eigenvalue weighted by molar-refractivity contribution is 6.23. The van der Waals surface area contributed by atoms with Gasteiger partial charge in [-0.3, -0.25) is 24.6 Å². The second kappa shape index (κ2) is 10.5. The van der Waals surface area contributed by atoms with Crippen LogP contribution in [-0.2, 0) is 14.3 Å². The molecular formula is C25H28N2O8. The summed E-state index contributed by atoms with van der Waals surface area (Å²) in [5.41, 5.74) is -0.0312. The maximum absolute atomic E-state index is 13.5. The number of rotatable bonds is 9. The van der Waals surface area contributed by atoms with Crippen LogP contribution in [0.5, 0.6) is 0 Å². The van der Waals surface area contributed by atoms with E-state index in [-0.39, 0.29) is 47.1 Å². The lowest BCUT2D eigenvalue weighted by atomic mass is 9.96. The number of hydrogen-bond acceptors (Lipinski definition) is 8. The van der Waals surface area contributed by atoms with E-state index in [1.165, 1.54) is 19.1 Å². The highest BCUT2D eigenvalue weighted by Crippen LogP contribution is 2.32. The molecule has 1 N–H and O–H groups in total. The lowest BCUT2D eigenvalue weighted by Crippen LogP contribution is -2.50. The first-order valence-electron chi connectivity index (χ1n) is 11.4. The first-order valence-corrected chi connectivity index (χ1v) is 11.4. The van der Waals surface area contributed by atoms with Gasteiger partial charge in [0.1, 0.15) is 22.9 Å². The van der Waals surface area contributed by atoms with Crippen molar-refractivity contribution in [3.8, 4) is 0 Å². The molecule has 10 heteroatoms. The van der Waals surface area contributed by atoms with Gasteiger partial charge in [0.25, 0.3) is 11.8 Å². The summed E-state index contributed by atoms with van der Waals surface area (Å²) in [5, 5.41) is 2.51. The lowest BCUT2D eigenvalue weighted by molar-refractivity contribution is -0.121. The largest absolute Gasteiger partial charge is 0.462 e. The Bertz CT molecular complexity index is 1150. The summed E-state index contributed by atoms with van der Waals surface area (Å²) in [7, 11) is 0. The minimum Gasteiger partial charge on any atom is -0.462 e. The minimum absolute atomic E-state index is 0.0171. The van der Waals surface area contributed by atoms with Gasteiger partial charge in [-0.15, -0.1) is 0 Å². The number of nitrogens with one attached hydrogen (secondary N) is 1. The van der Waals surface area contributed by atoms with Crippen LogP contribution in [0.25, 0.3) is 0 Å². The number of hydrogen-bond donors (Lipinski definition) is 1. The van der Waals surface area contributed by atoms with Gasteiger partial charge in [0.05, 0.1) is 24.3 Å². The van der Waals surface area contributed by atoms with Gasteiger partial charge in [-0.05, 0) is 38.8 Å². The SMILES string of the molecule is CCOC(=O)c1c(C)oc(NC(=O)C(C(C)CC)N2C(=O)c3ccccc3C2=O)c1C(=O)OCC. The molecular weight excluding hydrogens is 456 g/mol. The van der Waals surface area contributed by atoms with Gasteiger partial charge in [0.2, 0.25) is 11.8 Å². The van der Waals surface area contributed by atoms with Gasteiger partial charge in [-0.25, -0.2) is 9.59 Å². The van der Waals surface area contributed by atoms with E-state index >= 15 is 0 Å². The van der Waals surface area contributed by atoms with Crippen LogP contribution in [0.15, 0.2) is 28.7 Å². The molecule has 10 nitrogen and oxygen atoms in total. The Morgan fingerprint density at radius 2 is 1.46 bits per heavy atom. The Labute approximate surface area is 202 Å². The smallest absolute Gasteiger partial charge is 0.344 e. The van der Waals surface area contributed by atoms with E-state index in [9.17, 15) is 24.0 Å². The van der Waals surface area contributed by atoms with Crippen molar-refractivity contribution in [2.24, 2.45) is 5.92 Å². The van der Waals surface area contributed by atoms with Crippen molar-refractivity contribution >= 4 is 35.5 Å². The monoisotopic (exact) mass is 484 g/mol. The molecule has 3 rings (SSSR count). The molecule has 2 unspecified atom stereocenters. The number of amides is 3. The van der Waals surface area contributed by atoms with Gasteiger partial charge < -0.3 is 13.9 Å². The number of furan rings is 1. The van der Waals surface area contributed by atoms with Gasteiger partial charge >= 0.3 is 11.9 Å². The fraction of sp³-hybridized carbons (Fsp3) is 0.400. The molecule has 3 amide bonds. The van der Waals surface area contributed by atoms with Crippen molar-refractivity contribution in [3.63, 3.8) is 0 Å². The Morgan fingerprint density at radius 1 is 0.943 bits per heavy atom. The van der Waals surface area contributed by atoms with Crippen molar-refractivity contribution in [1.82, 2.24) is 4.90 Å². The number of carbonyl (C=O) groups excluding carboxylic acids is 5. The predicted molar refractivity (Wildman–Crippen MR) is 124 cm³/mol. The van der Waals surface area contributed by atoms with Crippen molar-refractivity contribution in [1.29, 1.82) is 0 Å². The number of esters is 2. The third-order valence-electron chi connectivity index (χ3n) is 5.84. The Kier molecular flexibility index (Phi) is 7.73. The van der Waals surface area contributed by atoms with Gasteiger partial charge in [0.15, 0.2) is 0 Å². The van der Waals surface area contributed by atoms with Crippen LogP contribution in [0, 0.1) is 12.8 Å². The molecule has 186 valence electrons. The molecule has 0 aliphatic carbocycles. The Balaban J connectivity index is 2.02. The number of carbonyl (C=O) groups is 5. The standard InChI is InChI=1S/C25H28N2O8/c1-6-13(4)19(27-22(29)15-11-9-10-12-16(15)23(27)30)20(28)26-21-18(25(32)34-8-3)17(14(5)35-21)24(31)33-7-2/h9-13,19H,6-8H2,1-5H3,(H,26,28). The minimum atomic E-state index is -1.20. The van der Waals surface area contributed by atoms with Crippen LogP contribution >= 0.6 is 0 Å². The molecule has 2 atom stereocenters. The van der Waals surface area contributed by atoms with Crippen molar-refractivity contribution in [3.05, 3.63) is 52.3 Å². The van der Waals surface area contributed by atoms with Crippen molar-refractivity contribution in [2.45, 2.75) is 47.1 Å². The van der Waals surface area contributed by atoms with Gasteiger partial charge in [0, 0.05) is 0 Å². The number of nitrogens with zero attached hydrogens (tertiary/aromatic N) is 1. The van der Waals surface area contributed by atoms with Crippen LogP contribution in [0.1, 0.15) is 81.3 Å². The average molecular weight is 485 g/mol. The first-order chi connectivity index (χ1) is 16.7. The Morgan fingerprint density at radius 3 is 1.94 bits per heavy atom. The average Bonchev–Trinajstić information content (AvgIpc) is 3.28. The molecule has 0 saturated carbocycles. The molecule has 1 aliphatic rings. The zero-order chi connectivity index (χ0) is 25.9. The van der Waals surface area contributed by atoms with E-state index in [0.717, 1.165) is 4.90 Å². The van der Waals surface area contributed by atoms with Gasteiger partial charge in [-0.2, -0.15) is 0 Å². The number of anilines is 1. The summed E-state index contributed by atoms with van der Waals surface area (Å²) >= 11 is 0. The summed E-state index contributed by atoms with van der Waals surface area (Å²) in [6, 6.07) is 5.14. The summed E-state index contributed by atoms with van der Waals surface area (Å²) < 4.78 is 15.7. The number of fused-ring (bicyclic) bond motifs is 1. The van der Waals surface area contributed by atoms with Crippen LogP contribution in [0.2, 0.25) is 0 Å². The Hall–Kier alpha value is -3.95. The fourth-order valence-electron chi connectivity index (χ4n) is 3.98. The predicted octanol–water partition coefficient (Wildman–Crippen LogP) is 3.59. The highest BCUT2D eigenvalue weighted by Gasteiger charge is 2.45. The van der Waals surface area contributed by atoms with E-state index in [1.54, 1.807) is 32.9 Å². The third kappa shape index (κ3) is 4.68. The molecule has 35 heavy (non-hydrogen) atoms. The zero-order valence-electron chi connectivity index (χ0n) is 20.3. The van der Waals surface area contributed by atoms with E-state index in [0.29, 0.717) is 6.42 Å². The summed E-state index contributed by atoms with van der Waals surface area (Å²) in [4.78, 5) is 65.8. The second-order valence-electron chi connectivity index (χ2n) is 8.02. The fourth-order valence-corrected chi connectivity index (χ4v) is 3.98. The zero-order valence-corrected chi connectivity index (χ0v) is 20.3. The summed E-state index contributed by atoms with van der Waals surface area (Å²) in [5.74, 6) is -4.31. The number of aryl methyl sites for hydroxylation is 1. The molecule has 1 aromatic carbocycles. The second-order valence-corrected chi connectivity index (χ2v) is 8.02. The highest BCUT2D eigenvalue weighted by atomic mass is 16.5. The molecule has 0 bridgehead atoms. The summed E-state index contributed by atoms with van der Waals surface area (Å²) in [6.07, 6.45) is 0.474. The van der Waals surface area contributed by atoms with E-state index < -0.39 is 41.6 Å². The lowest BCUT2D eigenvalue weighted by Gasteiger charge is -2.29. The molecule has 1 aromatic heterocycles. The maximum atomic E-state index is 13.5. The van der Waals surface area contributed by atoms with Crippen LogP contribution in [0.3, 0.4) is 0 Å². The van der Waals surface area contributed by atoms with E-state index in [4.69, 9.17) is 13.9 Å². The summed E-state index contributed by atoms with van der Waals surface area (Å²) in [6.45, 7) is 8.28. The van der Waals surface area contributed by atoms with Crippen molar-refractivity contribution < 1.29 is 37.9 Å². The number of ether oxygens (including phenoxy) is 2. The molecule has 2 aromatic rings. The van der Waals surface area contributed by atoms with E-state index in [2.05, 4.69) is 5.32 Å². The first kappa shape index (κ1) is 25.7. The maximum Gasteiger partial charge on any atom is 0.344 e. The van der Waals surface area contributed by atoms with Crippen LogP contribution in [-0.4, -0.2) is 53.8 Å². The molecule has 2 heterocycles. The van der Waals surface area contributed by atoms with Crippen LogP contribution in [0.4, 0.5) is 5.88 Å². The normalized spacial score (nSPS) is 14.4. The van der Waals surface area contributed by atoms with Crippen LogP contribution < -0.4 is 5.32 Å². The topological polar surface area (TPSA) is 132 Å². The van der Waals surface area contributed by atoms with Gasteiger partial charge in [-0.1, -0.05) is 32.4 Å².